The molecule has 12 heavy (non-hydrogen) atoms. The molecular formula is C8H11NO2S. The summed E-state index contributed by atoms with van der Waals surface area (Å²) < 4.78 is 0. The molecule has 66 valence electrons. The first kappa shape index (κ1) is 9.22. The maximum atomic E-state index is 10.3. The summed E-state index contributed by atoms with van der Waals surface area (Å²) >= 11 is 1.51. The van der Waals surface area contributed by atoms with Crippen LogP contribution in [0.4, 0.5) is 0 Å². The number of rotatable bonds is 3. The van der Waals surface area contributed by atoms with Gasteiger partial charge >= 0.3 is 5.97 Å². The minimum Gasteiger partial charge on any atom is -0.481 e. The second kappa shape index (κ2) is 3.69. The molecule has 1 aromatic rings. The molecular weight excluding hydrogens is 174 g/mol. The second-order valence-corrected chi connectivity index (χ2v) is 3.67. The number of nitrogens with two attached hydrogens (primary N) is 1. The molecule has 0 aromatic carbocycles. The summed E-state index contributed by atoms with van der Waals surface area (Å²) in [6, 6.07) is 1.57. The van der Waals surface area contributed by atoms with Crippen molar-refractivity contribution in [1.29, 1.82) is 0 Å². The lowest BCUT2D eigenvalue weighted by molar-refractivity contribution is -0.137. The van der Waals surface area contributed by atoms with Crippen LogP contribution in [-0.4, -0.2) is 11.1 Å². The van der Waals surface area contributed by atoms with Crippen LogP contribution in [-0.2, 0) is 4.79 Å². The van der Waals surface area contributed by atoms with Crippen LogP contribution < -0.4 is 5.73 Å². The van der Waals surface area contributed by atoms with E-state index < -0.39 is 5.97 Å². The Kier molecular flexibility index (Phi) is 2.83. The van der Waals surface area contributed by atoms with Gasteiger partial charge < -0.3 is 10.8 Å². The first-order chi connectivity index (χ1) is 5.59. The highest BCUT2D eigenvalue weighted by molar-refractivity contribution is 7.10. The molecule has 0 saturated heterocycles. The number of carboxylic acid groups (broad SMARTS) is 1. The number of carboxylic acids is 1. The lowest BCUT2D eigenvalue weighted by atomic mass is 10.2. The summed E-state index contributed by atoms with van der Waals surface area (Å²) in [7, 11) is 0. The van der Waals surface area contributed by atoms with Gasteiger partial charge in [0, 0.05) is 10.9 Å². The van der Waals surface area contributed by atoms with Crippen molar-refractivity contribution in [1.82, 2.24) is 0 Å². The van der Waals surface area contributed by atoms with Gasteiger partial charge in [-0.25, -0.2) is 0 Å². The van der Waals surface area contributed by atoms with Crippen molar-refractivity contribution in [3.63, 3.8) is 0 Å². The highest BCUT2D eigenvalue weighted by Gasteiger charge is 2.11. The van der Waals surface area contributed by atoms with Crippen molar-refractivity contribution in [2.45, 2.75) is 19.4 Å². The molecule has 1 atom stereocenters. The molecule has 0 aliphatic heterocycles. The molecule has 1 rings (SSSR count). The van der Waals surface area contributed by atoms with Crippen molar-refractivity contribution in [2.75, 3.05) is 0 Å². The van der Waals surface area contributed by atoms with E-state index in [-0.39, 0.29) is 12.5 Å². The highest BCUT2D eigenvalue weighted by Crippen LogP contribution is 2.21. The minimum atomic E-state index is -0.853. The SMILES string of the molecule is Cc1csc([C@H](N)CC(=O)O)c1. The fourth-order valence-electron chi connectivity index (χ4n) is 0.937. The molecule has 3 nitrogen and oxygen atoms in total. The van der Waals surface area contributed by atoms with Crippen LogP contribution in [0.25, 0.3) is 0 Å². The van der Waals surface area contributed by atoms with E-state index in [4.69, 9.17) is 10.8 Å². The van der Waals surface area contributed by atoms with Gasteiger partial charge in [-0.2, -0.15) is 0 Å². The number of hydrogen-bond acceptors (Lipinski definition) is 3. The number of carbonyl (C=O) groups is 1. The summed E-state index contributed by atoms with van der Waals surface area (Å²) in [6.07, 6.45) is -0.0000463. The summed E-state index contributed by atoms with van der Waals surface area (Å²) in [6.45, 7) is 1.97. The molecule has 0 bridgehead atoms. The van der Waals surface area contributed by atoms with Gasteiger partial charge in [-0.3, -0.25) is 4.79 Å². The molecule has 0 saturated carbocycles. The first-order valence-electron chi connectivity index (χ1n) is 3.62. The van der Waals surface area contributed by atoms with E-state index in [9.17, 15) is 4.79 Å². The van der Waals surface area contributed by atoms with Gasteiger partial charge in [0.25, 0.3) is 0 Å². The zero-order valence-electron chi connectivity index (χ0n) is 6.78. The third kappa shape index (κ3) is 2.32. The molecule has 0 spiro atoms. The van der Waals surface area contributed by atoms with Gasteiger partial charge in [-0.15, -0.1) is 11.3 Å². The summed E-state index contributed by atoms with van der Waals surface area (Å²) in [5, 5.41) is 10.4. The van der Waals surface area contributed by atoms with Gasteiger partial charge in [0.1, 0.15) is 0 Å². The third-order valence-corrected chi connectivity index (χ3v) is 2.69. The van der Waals surface area contributed by atoms with Crippen LogP contribution in [0.1, 0.15) is 22.9 Å². The van der Waals surface area contributed by atoms with E-state index in [1.165, 1.54) is 11.3 Å². The summed E-state index contributed by atoms with van der Waals surface area (Å²) in [5.41, 5.74) is 6.77. The Labute approximate surface area is 74.8 Å². The van der Waals surface area contributed by atoms with Gasteiger partial charge in [0.05, 0.1) is 6.42 Å². The Bertz CT molecular complexity index is 282. The Morgan fingerprint density at radius 2 is 2.50 bits per heavy atom. The Morgan fingerprint density at radius 3 is 2.92 bits per heavy atom. The highest BCUT2D eigenvalue weighted by atomic mass is 32.1. The topological polar surface area (TPSA) is 63.3 Å². The molecule has 3 N–H and O–H groups in total. The van der Waals surface area contributed by atoms with E-state index in [0.29, 0.717) is 0 Å². The largest absolute Gasteiger partial charge is 0.481 e. The van der Waals surface area contributed by atoms with Crippen molar-refractivity contribution in [3.8, 4) is 0 Å². The molecule has 0 aliphatic carbocycles. The van der Waals surface area contributed by atoms with E-state index in [0.717, 1.165) is 10.4 Å². The van der Waals surface area contributed by atoms with Crippen molar-refractivity contribution >= 4 is 17.3 Å². The fraction of sp³-hybridized carbons (Fsp3) is 0.375. The Hall–Kier alpha value is -0.870. The van der Waals surface area contributed by atoms with Crippen LogP contribution in [0.2, 0.25) is 0 Å². The number of aryl methyl sites for hydroxylation is 1. The second-order valence-electron chi connectivity index (χ2n) is 2.73. The van der Waals surface area contributed by atoms with E-state index >= 15 is 0 Å². The molecule has 0 aliphatic rings. The lowest BCUT2D eigenvalue weighted by Gasteiger charge is -2.04. The normalized spacial score (nSPS) is 12.8. The molecule has 0 unspecified atom stereocenters. The van der Waals surface area contributed by atoms with E-state index in [2.05, 4.69) is 0 Å². The van der Waals surface area contributed by atoms with E-state index in [1.807, 2.05) is 18.4 Å². The maximum Gasteiger partial charge on any atom is 0.305 e. The van der Waals surface area contributed by atoms with E-state index in [1.54, 1.807) is 0 Å². The van der Waals surface area contributed by atoms with Crippen LogP contribution in [0.15, 0.2) is 11.4 Å². The van der Waals surface area contributed by atoms with Gasteiger partial charge in [0.15, 0.2) is 0 Å². The van der Waals surface area contributed by atoms with Crippen molar-refractivity contribution in [3.05, 3.63) is 21.9 Å². The molecule has 0 fully saturated rings. The Balaban J connectivity index is 2.64. The lowest BCUT2D eigenvalue weighted by Crippen LogP contribution is -2.13. The fourth-order valence-corrected chi connectivity index (χ4v) is 1.84. The standard InChI is InChI=1S/C8H11NO2S/c1-5-2-7(12-4-5)6(9)3-8(10)11/h2,4,6H,3,9H2,1H3,(H,10,11)/t6-/m1/s1. The van der Waals surface area contributed by atoms with Crippen LogP contribution in [0.3, 0.4) is 0 Å². The predicted molar refractivity (Wildman–Crippen MR) is 48.2 cm³/mol. The number of thiophene rings is 1. The zero-order chi connectivity index (χ0) is 9.14. The monoisotopic (exact) mass is 185 g/mol. The molecule has 4 heteroatoms. The summed E-state index contributed by atoms with van der Waals surface area (Å²) in [4.78, 5) is 11.3. The zero-order valence-corrected chi connectivity index (χ0v) is 7.60. The number of hydrogen-bond donors (Lipinski definition) is 2. The quantitative estimate of drug-likeness (QED) is 0.750. The molecule has 0 radical (unpaired) electrons. The Morgan fingerprint density at radius 1 is 1.83 bits per heavy atom. The summed E-state index contributed by atoms with van der Waals surface area (Å²) in [5.74, 6) is -0.853. The molecule has 1 heterocycles. The average Bonchev–Trinajstić information content (AvgIpc) is 2.34. The smallest absolute Gasteiger partial charge is 0.305 e. The third-order valence-electron chi connectivity index (χ3n) is 1.51. The number of aliphatic carboxylic acids is 1. The van der Waals surface area contributed by atoms with Crippen LogP contribution in [0, 0.1) is 6.92 Å². The molecule has 1 aromatic heterocycles. The van der Waals surface area contributed by atoms with Crippen LogP contribution in [0.5, 0.6) is 0 Å². The van der Waals surface area contributed by atoms with Gasteiger partial charge in [-0.1, -0.05) is 0 Å². The maximum absolute atomic E-state index is 10.3. The van der Waals surface area contributed by atoms with Crippen molar-refractivity contribution < 1.29 is 9.90 Å². The molecule has 0 amide bonds. The first-order valence-corrected chi connectivity index (χ1v) is 4.50. The minimum absolute atomic E-state index is 0.0000463. The van der Waals surface area contributed by atoms with Gasteiger partial charge in [-0.05, 0) is 23.9 Å². The predicted octanol–water partition coefficient (Wildman–Crippen LogP) is 1.53. The average molecular weight is 185 g/mol. The van der Waals surface area contributed by atoms with Crippen molar-refractivity contribution in [2.24, 2.45) is 5.73 Å². The van der Waals surface area contributed by atoms with Crippen LogP contribution >= 0.6 is 11.3 Å². The van der Waals surface area contributed by atoms with Gasteiger partial charge in [0.2, 0.25) is 0 Å².